The molecule has 13 heteroatoms. The molecule has 284 valence electrons. The average Bonchev–Trinajstić information content (AvgIpc) is 3.89. The molecular weight excluding hydrogens is 683 g/mol. The number of carboxylic acids is 1. The minimum atomic E-state index is -4.52. The first-order chi connectivity index (χ1) is 25.4. The summed E-state index contributed by atoms with van der Waals surface area (Å²) < 4.78 is 48.6. The number of fused-ring (bicyclic) bond motifs is 1. The number of carbonyl (C=O) groups is 1. The topological polar surface area (TPSA) is 111 Å². The standard InChI is InChI=1S/C40H50F3N7O3/c1-26-23-49(17-7-8-34(51)52)18-19-50(26)30-13-11-28(12-14-30)37-46-36-33(48(2)24-39(25-53-3)15-5-4-6-16-39)21-32(45-38(36)47-37)29-20-31(40(41,42)43)35(44-22-29)27-9-10-27/h11-14,20-22,26-27H,4-10,15-19,23-25H2,1-3H3,(H,51,52)(H,45,46,47)/t26-/m1/s1. The molecule has 1 aromatic carbocycles. The van der Waals surface area contributed by atoms with Gasteiger partial charge in [0.1, 0.15) is 11.3 Å². The van der Waals surface area contributed by atoms with Crippen molar-refractivity contribution in [2.24, 2.45) is 5.41 Å². The number of methoxy groups -OCH3 is 1. The van der Waals surface area contributed by atoms with Crippen LogP contribution >= 0.6 is 0 Å². The van der Waals surface area contributed by atoms with Crippen LogP contribution in [-0.4, -0.2) is 95.4 Å². The second-order valence-electron chi connectivity index (χ2n) is 15.5. The quantitative estimate of drug-likeness (QED) is 0.141. The minimum absolute atomic E-state index is 0.0335. The summed E-state index contributed by atoms with van der Waals surface area (Å²) in [6.07, 6.45) is 4.86. The number of rotatable bonds is 13. The molecule has 0 radical (unpaired) electrons. The molecule has 1 aliphatic heterocycles. The summed E-state index contributed by atoms with van der Waals surface area (Å²) in [4.78, 5) is 35.5. The Morgan fingerprint density at radius 1 is 1.08 bits per heavy atom. The Hall–Kier alpha value is -4.23. The smallest absolute Gasteiger partial charge is 0.418 e. The number of benzene rings is 1. The zero-order valence-corrected chi connectivity index (χ0v) is 30.9. The molecule has 1 atom stereocenters. The number of alkyl halides is 3. The number of hydrogen-bond donors (Lipinski definition) is 2. The van der Waals surface area contributed by atoms with Gasteiger partial charge in [-0.15, -0.1) is 0 Å². The van der Waals surface area contributed by atoms with Crippen LogP contribution in [0.3, 0.4) is 0 Å². The number of imidazole rings is 1. The van der Waals surface area contributed by atoms with E-state index in [2.05, 4.69) is 43.7 Å². The number of anilines is 2. The predicted molar refractivity (Wildman–Crippen MR) is 200 cm³/mol. The zero-order valence-electron chi connectivity index (χ0n) is 30.9. The van der Waals surface area contributed by atoms with E-state index < -0.39 is 17.7 Å². The molecule has 3 aromatic heterocycles. The van der Waals surface area contributed by atoms with E-state index in [4.69, 9.17) is 19.8 Å². The Kier molecular flexibility index (Phi) is 10.7. The van der Waals surface area contributed by atoms with Gasteiger partial charge in [0.05, 0.1) is 29.2 Å². The molecule has 3 fully saturated rings. The van der Waals surface area contributed by atoms with E-state index in [1.54, 1.807) is 7.11 Å². The van der Waals surface area contributed by atoms with Crippen LogP contribution in [0, 0.1) is 5.41 Å². The maximum Gasteiger partial charge on any atom is 0.418 e. The number of H-pyrrole nitrogens is 1. The first-order valence-corrected chi connectivity index (χ1v) is 18.9. The van der Waals surface area contributed by atoms with Crippen molar-refractivity contribution in [2.45, 2.75) is 82.8 Å². The fraction of sp³-hybridized carbons (Fsp3) is 0.550. The van der Waals surface area contributed by atoms with Crippen LogP contribution in [0.4, 0.5) is 24.5 Å². The van der Waals surface area contributed by atoms with Gasteiger partial charge in [-0.3, -0.25) is 14.7 Å². The first kappa shape index (κ1) is 37.1. The number of aromatic nitrogens is 4. The van der Waals surface area contributed by atoms with Gasteiger partial charge in [-0.05, 0) is 82.0 Å². The lowest BCUT2D eigenvalue weighted by Gasteiger charge is -2.41. The fourth-order valence-electron chi connectivity index (χ4n) is 8.51. The molecule has 3 aliphatic rings. The van der Waals surface area contributed by atoms with Gasteiger partial charge in [-0.1, -0.05) is 19.3 Å². The van der Waals surface area contributed by atoms with Crippen molar-refractivity contribution in [2.75, 3.05) is 63.3 Å². The van der Waals surface area contributed by atoms with Crippen molar-refractivity contribution in [1.82, 2.24) is 24.8 Å². The number of nitrogens with zero attached hydrogens (tertiary/aromatic N) is 6. The number of aromatic amines is 1. The highest BCUT2D eigenvalue weighted by molar-refractivity contribution is 5.91. The Morgan fingerprint density at radius 2 is 1.83 bits per heavy atom. The lowest BCUT2D eigenvalue weighted by atomic mass is 9.74. The molecule has 0 amide bonds. The molecule has 2 aliphatic carbocycles. The van der Waals surface area contributed by atoms with Gasteiger partial charge in [0.25, 0.3) is 0 Å². The molecule has 7 rings (SSSR count). The van der Waals surface area contributed by atoms with Crippen molar-refractivity contribution in [3.8, 4) is 22.6 Å². The molecule has 0 unspecified atom stereocenters. The van der Waals surface area contributed by atoms with Crippen LogP contribution in [0.25, 0.3) is 33.8 Å². The van der Waals surface area contributed by atoms with Gasteiger partial charge in [-0.25, -0.2) is 9.97 Å². The van der Waals surface area contributed by atoms with E-state index in [-0.39, 0.29) is 29.5 Å². The molecule has 53 heavy (non-hydrogen) atoms. The number of nitrogens with one attached hydrogen (secondary N) is 1. The van der Waals surface area contributed by atoms with Gasteiger partial charge >= 0.3 is 12.1 Å². The number of halogens is 3. The van der Waals surface area contributed by atoms with Gasteiger partial charge in [0, 0.05) is 87.1 Å². The van der Waals surface area contributed by atoms with Crippen molar-refractivity contribution < 1.29 is 27.8 Å². The summed E-state index contributed by atoms with van der Waals surface area (Å²) in [7, 11) is 3.77. The van der Waals surface area contributed by atoms with Crippen molar-refractivity contribution in [3.63, 3.8) is 0 Å². The summed E-state index contributed by atoms with van der Waals surface area (Å²) in [5.74, 6) is -0.274. The summed E-state index contributed by atoms with van der Waals surface area (Å²) >= 11 is 0. The van der Waals surface area contributed by atoms with Crippen molar-refractivity contribution in [1.29, 1.82) is 0 Å². The highest BCUT2D eigenvalue weighted by Gasteiger charge is 2.40. The number of ether oxygens (including phenoxy) is 1. The Labute approximate surface area is 308 Å². The van der Waals surface area contributed by atoms with Crippen LogP contribution < -0.4 is 9.80 Å². The monoisotopic (exact) mass is 733 g/mol. The van der Waals surface area contributed by atoms with Crippen molar-refractivity contribution in [3.05, 3.63) is 53.9 Å². The van der Waals surface area contributed by atoms with Crippen LogP contribution in [0.2, 0.25) is 0 Å². The predicted octanol–water partition coefficient (Wildman–Crippen LogP) is 7.99. The number of carboxylic acid groups (broad SMARTS) is 1. The Balaban J connectivity index is 1.20. The van der Waals surface area contributed by atoms with Crippen LogP contribution in [0.5, 0.6) is 0 Å². The first-order valence-electron chi connectivity index (χ1n) is 18.9. The largest absolute Gasteiger partial charge is 0.481 e. The molecule has 2 saturated carbocycles. The summed E-state index contributed by atoms with van der Waals surface area (Å²) in [6, 6.07) is 11.6. The van der Waals surface area contributed by atoms with Gasteiger partial charge in [0.15, 0.2) is 5.65 Å². The molecule has 0 bridgehead atoms. The van der Waals surface area contributed by atoms with Gasteiger partial charge in [0.2, 0.25) is 0 Å². The number of pyridine rings is 2. The fourth-order valence-corrected chi connectivity index (χ4v) is 8.51. The SMILES string of the molecule is COCC1(CN(C)c2cc(-c3cnc(C4CC4)c(C(F)(F)F)c3)nc3nc(-c4ccc(N5CCN(CCCC(=O)O)C[C@H]5C)cc4)[nH]c23)CCCCC1. The number of aliphatic carboxylic acids is 1. The normalized spacial score (nSPS) is 19.5. The molecule has 10 nitrogen and oxygen atoms in total. The number of piperazine rings is 1. The highest BCUT2D eigenvalue weighted by atomic mass is 19.4. The van der Waals surface area contributed by atoms with E-state index in [0.29, 0.717) is 35.8 Å². The van der Waals surface area contributed by atoms with Gasteiger partial charge < -0.3 is 24.6 Å². The maximum atomic E-state index is 14.3. The third kappa shape index (κ3) is 8.31. The Bertz CT molecular complexity index is 1900. The third-order valence-corrected chi connectivity index (χ3v) is 11.3. The van der Waals surface area contributed by atoms with Gasteiger partial charge in [-0.2, -0.15) is 13.2 Å². The molecular formula is C40H50F3N7O3. The van der Waals surface area contributed by atoms with Crippen molar-refractivity contribution >= 4 is 28.5 Å². The molecule has 4 aromatic rings. The molecule has 4 heterocycles. The second-order valence-corrected chi connectivity index (χ2v) is 15.5. The van der Waals surface area contributed by atoms with Crippen LogP contribution in [-0.2, 0) is 15.7 Å². The van der Waals surface area contributed by atoms with Crippen LogP contribution in [0.15, 0.2) is 42.6 Å². The Morgan fingerprint density at radius 3 is 2.49 bits per heavy atom. The zero-order chi connectivity index (χ0) is 37.3. The maximum absolute atomic E-state index is 14.3. The minimum Gasteiger partial charge on any atom is -0.481 e. The summed E-state index contributed by atoms with van der Waals surface area (Å²) in [5, 5.41) is 9.00. The molecule has 2 N–H and O–H groups in total. The van der Waals surface area contributed by atoms with E-state index in [1.165, 1.54) is 18.7 Å². The third-order valence-electron chi connectivity index (χ3n) is 11.3. The summed E-state index contributed by atoms with van der Waals surface area (Å²) in [5.41, 5.74) is 4.06. The molecule has 1 saturated heterocycles. The van der Waals surface area contributed by atoms with Crippen LogP contribution in [0.1, 0.15) is 81.9 Å². The van der Waals surface area contributed by atoms with E-state index >= 15 is 0 Å². The second kappa shape index (κ2) is 15.3. The molecule has 0 spiro atoms. The lowest BCUT2D eigenvalue weighted by molar-refractivity contribution is -0.139. The van der Waals surface area contributed by atoms with E-state index in [1.807, 2.05) is 25.2 Å². The average molecular weight is 734 g/mol. The highest BCUT2D eigenvalue weighted by Crippen LogP contribution is 2.46. The van der Waals surface area contributed by atoms with E-state index in [0.717, 1.165) is 93.7 Å². The lowest BCUT2D eigenvalue weighted by Crippen LogP contribution is -2.52. The summed E-state index contributed by atoms with van der Waals surface area (Å²) in [6.45, 7) is 6.91. The number of hydrogen-bond acceptors (Lipinski definition) is 8. The van der Waals surface area contributed by atoms with E-state index in [9.17, 15) is 18.0 Å².